The fourth-order valence-electron chi connectivity index (χ4n) is 6.59. The van der Waals surface area contributed by atoms with Crippen molar-refractivity contribution in [2.45, 2.75) is 58.6 Å². The number of nitrogens with zero attached hydrogens (tertiary/aromatic N) is 2. The van der Waals surface area contributed by atoms with Crippen LogP contribution in [0.3, 0.4) is 0 Å². The van der Waals surface area contributed by atoms with Gasteiger partial charge in [-0.1, -0.05) is 60.7 Å². The summed E-state index contributed by atoms with van der Waals surface area (Å²) in [4.78, 5) is 10.2. The number of likely N-dealkylation sites (tertiary alicyclic amines) is 1. The molecule has 0 saturated carbocycles. The van der Waals surface area contributed by atoms with Crippen molar-refractivity contribution in [3.63, 3.8) is 0 Å². The van der Waals surface area contributed by atoms with Crippen molar-refractivity contribution in [1.29, 1.82) is 0 Å². The summed E-state index contributed by atoms with van der Waals surface area (Å²) in [7, 11) is -3.19. The SMILES string of the molecule is CCOP(=O)(Cc1cccc(COc2ccccc2CC2CCN(Cc3ccc4nc(-c5cccc(C(F)(F)F)c5)[nH]c4c3)CC2)c1)OCC. The van der Waals surface area contributed by atoms with Gasteiger partial charge in [0.05, 0.1) is 36.0 Å². The van der Waals surface area contributed by atoms with Crippen molar-refractivity contribution in [2.24, 2.45) is 5.92 Å². The summed E-state index contributed by atoms with van der Waals surface area (Å²) in [5.41, 5.74) is 5.46. The topological polar surface area (TPSA) is 76.7 Å². The maximum absolute atomic E-state index is 13.2. The Labute approximate surface area is 291 Å². The number of H-pyrrole nitrogens is 1. The zero-order valence-electron chi connectivity index (χ0n) is 28.4. The number of hydrogen-bond donors (Lipinski definition) is 1. The summed E-state index contributed by atoms with van der Waals surface area (Å²) in [6.07, 6.45) is -1.10. The van der Waals surface area contributed by atoms with E-state index in [-0.39, 0.29) is 6.16 Å². The van der Waals surface area contributed by atoms with Crippen LogP contribution in [-0.2, 0) is 45.5 Å². The Morgan fingerprint density at radius 1 is 0.860 bits per heavy atom. The molecular weight excluding hydrogens is 662 g/mol. The van der Waals surface area contributed by atoms with Crippen LogP contribution in [0.5, 0.6) is 5.75 Å². The second-order valence-electron chi connectivity index (χ2n) is 12.8. The number of piperidine rings is 1. The minimum Gasteiger partial charge on any atom is -0.489 e. The van der Waals surface area contributed by atoms with E-state index in [2.05, 4.69) is 27.0 Å². The fourth-order valence-corrected chi connectivity index (χ4v) is 8.28. The lowest BCUT2D eigenvalue weighted by Gasteiger charge is -2.32. The Hall–Kier alpha value is -3.95. The average Bonchev–Trinajstić information content (AvgIpc) is 3.52. The Kier molecular flexibility index (Phi) is 11.4. The minimum atomic E-state index is -4.40. The molecule has 0 aliphatic carbocycles. The molecule has 6 rings (SSSR count). The molecule has 0 bridgehead atoms. The quantitative estimate of drug-likeness (QED) is 0.116. The molecule has 1 aliphatic heterocycles. The Balaban J connectivity index is 1.02. The summed E-state index contributed by atoms with van der Waals surface area (Å²) in [5.74, 6) is 1.84. The van der Waals surface area contributed by atoms with Crippen LogP contribution in [0.15, 0.2) is 91.0 Å². The van der Waals surface area contributed by atoms with E-state index in [4.69, 9.17) is 13.8 Å². The molecule has 0 unspecified atom stereocenters. The number of benzene rings is 4. The van der Waals surface area contributed by atoms with Gasteiger partial charge in [0.25, 0.3) is 0 Å². The van der Waals surface area contributed by atoms with Crippen LogP contribution in [0.2, 0.25) is 0 Å². The van der Waals surface area contributed by atoms with Crippen LogP contribution in [-0.4, -0.2) is 41.2 Å². The van der Waals surface area contributed by atoms with E-state index in [0.717, 1.165) is 84.5 Å². The van der Waals surface area contributed by atoms with Gasteiger partial charge >= 0.3 is 13.8 Å². The molecule has 11 heteroatoms. The zero-order chi connectivity index (χ0) is 35.1. The molecule has 1 aromatic heterocycles. The largest absolute Gasteiger partial charge is 0.489 e. The molecule has 1 fully saturated rings. The van der Waals surface area contributed by atoms with Crippen molar-refractivity contribution in [3.05, 3.63) is 119 Å². The lowest BCUT2D eigenvalue weighted by Crippen LogP contribution is -2.33. The number of ether oxygens (including phenoxy) is 1. The van der Waals surface area contributed by atoms with Crippen molar-refractivity contribution in [2.75, 3.05) is 26.3 Å². The second-order valence-corrected chi connectivity index (χ2v) is 14.8. The third-order valence-electron chi connectivity index (χ3n) is 9.02. The van der Waals surface area contributed by atoms with Gasteiger partial charge in [0.1, 0.15) is 18.2 Å². The van der Waals surface area contributed by atoms with Gasteiger partial charge in [0, 0.05) is 12.1 Å². The molecular formula is C39H43F3N3O4P. The van der Waals surface area contributed by atoms with E-state index in [1.807, 2.05) is 68.4 Å². The van der Waals surface area contributed by atoms with Gasteiger partial charge < -0.3 is 18.8 Å². The van der Waals surface area contributed by atoms with Crippen LogP contribution in [0.1, 0.15) is 54.5 Å². The van der Waals surface area contributed by atoms with E-state index in [0.29, 0.717) is 37.1 Å². The number of fused-ring (bicyclic) bond motifs is 1. The Morgan fingerprint density at radius 2 is 1.60 bits per heavy atom. The predicted octanol–water partition coefficient (Wildman–Crippen LogP) is 10.0. The van der Waals surface area contributed by atoms with Crippen molar-refractivity contribution < 1.29 is 31.5 Å². The van der Waals surface area contributed by atoms with Crippen LogP contribution in [0, 0.1) is 5.92 Å². The van der Waals surface area contributed by atoms with E-state index in [1.54, 1.807) is 6.07 Å². The molecule has 0 atom stereocenters. The summed E-state index contributed by atoms with van der Waals surface area (Å²) < 4.78 is 70.0. The number of halogens is 3. The van der Waals surface area contributed by atoms with Crippen molar-refractivity contribution in [1.82, 2.24) is 14.9 Å². The van der Waals surface area contributed by atoms with Crippen LogP contribution < -0.4 is 4.74 Å². The highest BCUT2D eigenvalue weighted by molar-refractivity contribution is 7.53. The zero-order valence-corrected chi connectivity index (χ0v) is 29.3. The van der Waals surface area contributed by atoms with Crippen LogP contribution in [0.25, 0.3) is 22.4 Å². The number of hydrogen-bond acceptors (Lipinski definition) is 6. The first-order valence-electron chi connectivity index (χ1n) is 17.2. The van der Waals surface area contributed by atoms with E-state index < -0.39 is 19.3 Å². The molecule has 1 saturated heterocycles. The highest BCUT2D eigenvalue weighted by Crippen LogP contribution is 2.51. The smallest absolute Gasteiger partial charge is 0.416 e. The number of aromatic amines is 1. The van der Waals surface area contributed by atoms with Crippen molar-refractivity contribution in [3.8, 4) is 17.1 Å². The third kappa shape index (κ3) is 9.23. The van der Waals surface area contributed by atoms with Gasteiger partial charge in [-0.15, -0.1) is 0 Å². The van der Waals surface area contributed by atoms with E-state index in [9.17, 15) is 17.7 Å². The molecule has 264 valence electrons. The Bertz CT molecular complexity index is 1930. The fraction of sp³-hybridized carbons (Fsp3) is 0.359. The van der Waals surface area contributed by atoms with Gasteiger partial charge in [-0.3, -0.25) is 9.46 Å². The molecule has 4 aromatic carbocycles. The molecule has 50 heavy (non-hydrogen) atoms. The van der Waals surface area contributed by atoms with Crippen molar-refractivity contribution >= 4 is 18.6 Å². The summed E-state index contributed by atoms with van der Waals surface area (Å²) >= 11 is 0. The first kappa shape index (κ1) is 35.9. The van der Waals surface area contributed by atoms with Gasteiger partial charge in [0.15, 0.2) is 0 Å². The number of para-hydroxylation sites is 1. The summed E-state index contributed by atoms with van der Waals surface area (Å²) in [6, 6.07) is 27.4. The lowest BCUT2D eigenvalue weighted by atomic mass is 9.89. The Morgan fingerprint density at radius 3 is 2.36 bits per heavy atom. The molecule has 1 N–H and O–H groups in total. The number of rotatable bonds is 14. The minimum absolute atomic E-state index is 0.222. The first-order valence-corrected chi connectivity index (χ1v) is 18.9. The number of nitrogens with one attached hydrogen (secondary N) is 1. The summed E-state index contributed by atoms with van der Waals surface area (Å²) in [5, 5.41) is 0. The summed E-state index contributed by atoms with van der Waals surface area (Å²) in [6.45, 7) is 7.44. The molecule has 7 nitrogen and oxygen atoms in total. The maximum Gasteiger partial charge on any atom is 0.416 e. The van der Waals surface area contributed by atoms with Crippen LogP contribution in [0.4, 0.5) is 13.2 Å². The molecule has 5 aromatic rings. The molecule has 1 aliphatic rings. The standard InChI is InChI=1S/C39H43F3N3O4P/c1-3-48-50(46,49-4-2)27-31-10-7-9-30(21-31)26-47-37-14-6-5-11-32(37)22-28-17-19-45(20-18-28)25-29-15-16-35-36(23-29)44-38(43-35)33-12-8-13-34(24-33)39(40,41)42/h5-16,21,23-24,28H,3-4,17-20,22,25-27H2,1-2H3,(H,43,44). The van der Waals surface area contributed by atoms with Crippen LogP contribution >= 0.6 is 7.60 Å². The maximum atomic E-state index is 13.2. The number of alkyl halides is 3. The highest BCUT2D eigenvalue weighted by Gasteiger charge is 2.31. The molecule has 2 heterocycles. The van der Waals surface area contributed by atoms with Gasteiger partial charge in [-0.25, -0.2) is 4.98 Å². The average molecular weight is 706 g/mol. The first-order chi connectivity index (χ1) is 24.1. The third-order valence-corrected chi connectivity index (χ3v) is 11.1. The predicted molar refractivity (Wildman–Crippen MR) is 190 cm³/mol. The normalized spacial score (nSPS) is 14.7. The molecule has 0 spiro atoms. The monoisotopic (exact) mass is 705 g/mol. The highest BCUT2D eigenvalue weighted by atomic mass is 31.2. The number of aromatic nitrogens is 2. The van der Waals surface area contributed by atoms with Gasteiger partial charge in [-0.05, 0) is 105 Å². The lowest BCUT2D eigenvalue weighted by molar-refractivity contribution is -0.137. The van der Waals surface area contributed by atoms with Gasteiger partial charge in [-0.2, -0.15) is 13.2 Å². The van der Waals surface area contributed by atoms with E-state index in [1.165, 1.54) is 11.6 Å². The number of imidazole rings is 1. The molecule has 0 amide bonds. The molecule has 0 radical (unpaired) electrons. The van der Waals surface area contributed by atoms with E-state index >= 15 is 0 Å². The van der Waals surface area contributed by atoms with Gasteiger partial charge in [0.2, 0.25) is 0 Å². The second kappa shape index (κ2) is 15.9.